The molecule has 1 saturated heterocycles. The molecule has 0 saturated carbocycles. The first-order valence-electron chi connectivity index (χ1n) is 16.0. The minimum Gasteiger partial charge on any atom is -0.381 e. The lowest BCUT2D eigenvalue weighted by Crippen LogP contribution is -2.55. The molecule has 2 aliphatic heterocycles. The third kappa shape index (κ3) is 6.44. The summed E-state index contributed by atoms with van der Waals surface area (Å²) in [6.45, 7) is 2.14. The number of fused-ring (bicyclic) bond motifs is 1. The van der Waals surface area contributed by atoms with Crippen molar-refractivity contribution >= 4 is 23.5 Å². The molecule has 2 aliphatic rings. The summed E-state index contributed by atoms with van der Waals surface area (Å²) in [5, 5.41) is 20.3. The molecular weight excluding hydrogens is 656 g/mol. The van der Waals surface area contributed by atoms with Crippen LogP contribution in [0.3, 0.4) is 0 Å². The predicted octanol–water partition coefficient (Wildman–Crippen LogP) is 5.26. The number of anilines is 1. The molecule has 50 heavy (non-hydrogen) atoms. The monoisotopic (exact) mass is 688 g/mol. The highest BCUT2D eigenvalue weighted by atomic mass is 19.4. The Labute approximate surface area is 284 Å². The number of amides is 3. The van der Waals surface area contributed by atoms with Crippen LogP contribution in [-0.2, 0) is 27.0 Å². The summed E-state index contributed by atoms with van der Waals surface area (Å²) in [7, 11) is 0. The van der Waals surface area contributed by atoms with Gasteiger partial charge in [0.25, 0.3) is 11.8 Å². The number of benzene rings is 3. The van der Waals surface area contributed by atoms with Gasteiger partial charge in [0.1, 0.15) is 23.1 Å². The van der Waals surface area contributed by atoms with Crippen LogP contribution in [0.25, 0.3) is 5.69 Å². The van der Waals surface area contributed by atoms with Crippen LogP contribution in [0.2, 0.25) is 0 Å². The largest absolute Gasteiger partial charge is 0.416 e. The maximum atomic E-state index is 14.4. The summed E-state index contributed by atoms with van der Waals surface area (Å²) < 4.78 is 61.7. The third-order valence-electron chi connectivity index (χ3n) is 9.10. The van der Waals surface area contributed by atoms with E-state index in [0.717, 1.165) is 12.1 Å². The topological polar surface area (TPSA) is 129 Å². The third-order valence-corrected chi connectivity index (χ3v) is 9.10. The second-order valence-electron chi connectivity index (χ2n) is 12.1. The van der Waals surface area contributed by atoms with E-state index in [0.29, 0.717) is 34.4 Å². The van der Waals surface area contributed by atoms with Crippen molar-refractivity contribution in [2.75, 3.05) is 24.7 Å². The number of ether oxygens (including phenoxy) is 1. The number of nitrogens with zero attached hydrogens (tertiary/aromatic N) is 4. The smallest absolute Gasteiger partial charge is 0.381 e. The zero-order valence-electron chi connectivity index (χ0n) is 26.8. The van der Waals surface area contributed by atoms with Gasteiger partial charge < -0.3 is 15.4 Å². The van der Waals surface area contributed by atoms with Crippen molar-refractivity contribution in [1.29, 1.82) is 5.26 Å². The number of halogens is 4. The predicted molar refractivity (Wildman–Crippen MR) is 172 cm³/mol. The van der Waals surface area contributed by atoms with E-state index in [1.807, 2.05) is 0 Å². The average Bonchev–Trinajstić information content (AvgIpc) is 3.50. The normalized spacial score (nSPS) is 18.6. The van der Waals surface area contributed by atoms with Gasteiger partial charge in [0.2, 0.25) is 5.91 Å². The van der Waals surface area contributed by atoms with Crippen molar-refractivity contribution in [1.82, 2.24) is 20.4 Å². The second-order valence-corrected chi connectivity index (χ2v) is 12.1. The van der Waals surface area contributed by atoms with Gasteiger partial charge in [0, 0.05) is 36.8 Å². The Morgan fingerprint density at radius 2 is 1.74 bits per heavy atom. The number of nitriles is 1. The molecule has 1 fully saturated rings. The number of hydrogen-bond acceptors (Lipinski definition) is 6. The van der Waals surface area contributed by atoms with E-state index in [-0.39, 0.29) is 44.7 Å². The lowest BCUT2D eigenvalue weighted by Gasteiger charge is -2.38. The fourth-order valence-electron chi connectivity index (χ4n) is 6.49. The maximum absolute atomic E-state index is 14.4. The minimum atomic E-state index is -4.71. The standard InChI is InChI=1S/C36H32F4N6O4/c1-2-45-32-29(27(44-46(32)26-9-4-3-5-10-26)20-42-34(49)35(21-41)15-17-50-18-16-35)28(22-11-13-25(37)14-12-22)30(33(45)48)43-31(47)23-7-6-8-24(19-23)36(38,39)40/h3-14,19,28,30H,2,15-18,20H2,1H3,(H,42,49)(H,43,47)/t28-,30-/m0/s1. The molecule has 0 spiro atoms. The Balaban J connectivity index is 1.49. The molecule has 2 atom stereocenters. The molecule has 258 valence electrons. The fraction of sp³-hybridized carbons (Fsp3) is 0.306. The zero-order valence-corrected chi connectivity index (χ0v) is 26.8. The number of carbonyl (C=O) groups is 3. The van der Waals surface area contributed by atoms with Gasteiger partial charge in [-0.3, -0.25) is 19.3 Å². The Bertz CT molecular complexity index is 1950. The van der Waals surface area contributed by atoms with Gasteiger partial charge in [-0.25, -0.2) is 9.07 Å². The lowest BCUT2D eigenvalue weighted by molar-refractivity contribution is -0.137. The first-order valence-corrected chi connectivity index (χ1v) is 16.0. The number of hydrogen-bond donors (Lipinski definition) is 2. The quantitative estimate of drug-likeness (QED) is 0.243. The molecule has 14 heteroatoms. The number of nitrogens with one attached hydrogen (secondary N) is 2. The van der Waals surface area contributed by atoms with Crippen molar-refractivity contribution in [2.24, 2.45) is 5.41 Å². The summed E-state index contributed by atoms with van der Waals surface area (Å²) in [4.78, 5) is 43.0. The average molecular weight is 689 g/mol. The first-order chi connectivity index (χ1) is 24.0. The molecule has 3 amide bonds. The summed E-state index contributed by atoms with van der Waals surface area (Å²) >= 11 is 0. The van der Waals surface area contributed by atoms with E-state index in [9.17, 15) is 37.2 Å². The molecule has 0 bridgehead atoms. The van der Waals surface area contributed by atoms with E-state index in [4.69, 9.17) is 9.84 Å². The lowest BCUT2D eigenvalue weighted by atomic mass is 9.80. The van der Waals surface area contributed by atoms with Crippen molar-refractivity contribution in [3.8, 4) is 11.8 Å². The molecule has 0 aliphatic carbocycles. The van der Waals surface area contributed by atoms with Crippen molar-refractivity contribution in [3.05, 3.63) is 113 Å². The Morgan fingerprint density at radius 3 is 2.38 bits per heavy atom. The highest BCUT2D eigenvalue weighted by molar-refractivity contribution is 6.05. The highest BCUT2D eigenvalue weighted by Gasteiger charge is 2.47. The second kappa shape index (κ2) is 13.8. The number of alkyl halides is 3. The summed E-state index contributed by atoms with van der Waals surface area (Å²) in [6, 6.07) is 18.8. The Kier molecular flexibility index (Phi) is 9.44. The molecule has 10 nitrogen and oxygen atoms in total. The van der Waals surface area contributed by atoms with Crippen LogP contribution in [0.1, 0.15) is 58.4 Å². The van der Waals surface area contributed by atoms with Crippen LogP contribution < -0.4 is 15.5 Å². The highest BCUT2D eigenvalue weighted by Crippen LogP contribution is 2.44. The molecule has 4 aromatic rings. The van der Waals surface area contributed by atoms with Gasteiger partial charge in [-0.05, 0) is 67.8 Å². The summed E-state index contributed by atoms with van der Waals surface area (Å²) in [6.07, 6.45) is -4.31. The molecular formula is C36H32F4N6O4. The van der Waals surface area contributed by atoms with E-state index in [1.165, 1.54) is 35.2 Å². The fourth-order valence-corrected chi connectivity index (χ4v) is 6.49. The minimum absolute atomic E-state index is 0.111. The SMILES string of the molecule is CCN1C(=O)[C@@H](NC(=O)c2cccc(C(F)(F)F)c2)[C@@H](c2ccc(F)cc2)c2c(CNC(=O)C3(C#N)CCOCC3)nn(-c3ccccc3)c21. The van der Waals surface area contributed by atoms with Crippen LogP contribution in [0.15, 0.2) is 78.9 Å². The van der Waals surface area contributed by atoms with Crippen LogP contribution in [0, 0.1) is 22.6 Å². The maximum Gasteiger partial charge on any atom is 0.416 e. The van der Waals surface area contributed by atoms with Crippen molar-refractivity contribution < 1.29 is 36.7 Å². The van der Waals surface area contributed by atoms with Gasteiger partial charge in [-0.15, -0.1) is 0 Å². The molecule has 1 aromatic heterocycles. The first kappa shape index (κ1) is 34.3. The Morgan fingerprint density at radius 1 is 1.04 bits per heavy atom. The van der Waals surface area contributed by atoms with Crippen LogP contribution in [-0.4, -0.2) is 53.3 Å². The van der Waals surface area contributed by atoms with Crippen molar-refractivity contribution in [2.45, 2.75) is 44.4 Å². The van der Waals surface area contributed by atoms with E-state index >= 15 is 0 Å². The molecule has 0 unspecified atom stereocenters. The zero-order chi connectivity index (χ0) is 35.6. The number of para-hydroxylation sites is 1. The van der Waals surface area contributed by atoms with E-state index in [1.54, 1.807) is 41.9 Å². The number of rotatable bonds is 8. The van der Waals surface area contributed by atoms with Crippen LogP contribution in [0.4, 0.5) is 23.4 Å². The molecule has 6 rings (SSSR count). The summed E-state index contributed by atoms with van der Waals surface area (Å²) in [5.74, 6) is -3.25. The van der Waals surface area contributed by atoms with Gasteiger partial charge in [0.05, 0.1) is 29.6 Å². The molecule has 0 radical (unpaired) electrons. The van der Waals surface area contributed by atoms with Crippen LogP contribution in [0.5, 0.6) is 0 Å². The molecule has 2 N–H and O–H groups in total. The van der Waals surface area contributed by atoms with Gasteiger partial charge in [0.15, 0.2) is 0 Å². The van der Waals surface area contributed by atoms with E-state index < -0.39 is 52.7 Å². The van der Waals surface area contributed by atoms with E-state index in [2.05, 4.69) is 16.7 Å². The number of aromatic nitrogens is 2. The van der Waals surface area contributed by atoms with Crippen LogP contribution >= 0.6 is 0 Å². The van der Waals surface area contributed by atoms with Crippen molar-refractivity contribution in [3.63, 3.8) is 0 Å². The number of likely N-dealkylation sites (N-methyl/N-ethyl adjacent to an activating group) is 1. The number of carbonyl (C=O) groups excluding carboxylic acids is 3. The molecule has 3 aromatic carbocycles. The Hall–Kier alpha value is -5.55. The molecule has 3 heterocycles. The van der Waals surface area contributed by atoms with Gasteiger partial charge in [-0.2, -0.15) is 23.5 Å². The summed E-state index contributed by atoms with van der Waals surface area (Å²) in [5.41, 5.74) is -0.951. The van der Waals surface area contributed by atoms with Gasteiger partial charge >= 0.3 is 6.18 Å². The van der Waals surface area contributed by atoms with Gasteiger partial charge in [-0.1, -0.05) is 36.4 Å².